The topological polar surface area (TPSA) is 94.0 Å². The maximum atomic E-state index is 11.3. The second-order valence-electron chi connectivity index (χ2n) is 2.89. The molecule has 1 aromatic heterocycles. The third kappa shape index (κ3) is 1.21. The molecule has 0 atom stereocenters. The van der Waals surface area contributed by atoms with Crippen LogP contribution >= 0.6 is 0 Å². The van der Waals surface area contributed by atoms with E-state index in [1.165, 1.54) is 0 Å². The van der Waals surface area contributed by atoms with Crippen LogP contribution in [0.15, 0.2) is 16.8 Å². The maximum absolute atomic E-state index is 11.3. The number of carbonyl (C=O) groups excluding carboxylic acids is 1. The van der Waals surface area contributed by atoms with Gasteiger partial charge in [-0.1, -0.05) is 0 Å². The first-order valence-corrected chi connectivity index (χ1v) is 3.96. The van der Waals surface area contributed by atoms with Crippen LogP contribution in [-0.4, -0.2) is 16.2 Å². The van der Waals surface area contributed by atoms with Gasteiger partial charge in [0.05, 0.1) is 0 Å². The lowest BCUT2D eigenvalue weighted by atomic mass is 10.1. The number of aromatic nitrogens is 2. The number of aryl methyl sites for hydroxylation is 1. The molecular weight excluding hydrogens is 184 g/mol. The predicted molar refractivity (Wildman–Crippen MR) is 48.2 cm³/mol. The third-order valence-corrected chi connectivity index (χ3v) is 1.98. The van der Waals surface area contributed by atoms with Crippen molar-refractivity contribution in [2.24, 2.45) is 5.84 Å². The third-order valence-electron chi connectivity index (χ3n) is 1.98. The molecule has 0 aliphatic carbocycles. The van der Waals surface area contributed by atoms with Crippen LogP contribution in [0.5, 0.6) is 0 Å². The first kappa shape index (κ1) is 8.64. The standard InChI is InChI=1S/C8H8N4O2/c1-4-2-6-7(12-14-11-6)3-5(4)8(13)10-9/h2-3H,9H2,1H3,(H,10,13). The highest BCUT2D eigenvalue weighted by molar-refractivity contribution is 5.98. The quantitative estimate of drug-likeness (QED) is 0.380. The Kier molecular flexibility index (Phi) is 1.90. The van der Waals surface area contributed by atoms with Gasteiger partial charge in [0.1, 0.15) is 11.0 Å². The Labute approximate surface area is 79.0 Å². The number of hydrazine groups is 1. The summed E-state index contributed by atoms with van der Waals surface area (Å²) >= 11 is 0. The molecule has 14 heavy (non-hydrogen) atoms. The lowest BCUT2D eigenvalue weighted by Gasteiger charge is -2.02. The number of benzene rings is 1. The minimum atomic E-state index is -0.354. The number of carbonyl (C=O) groups is 1. The molecule has 72 valence electrons. The van der Waals surface area contributed by atoms with E-state index in [1.807, 2.05) is 0 Å². The fourth-order valence-corrected chi connectivity index (χ4v) is 1.26. The Hall–Kier alpha value is -1.95. The van der Waals surface area contributed by atoms with E-state index in [0.29, 0.717) is 16.6 Å². The van der Waals surface area contributed by atoms with Crippen molar-refractivity contribution in [1.29, 1.82) is 0 Å². The molecule has 0 spiro atoms. The number of nitrogens with zero attached hydrogens (tertiary/aromatic N) is 2. The molecule has 2 rings (SSSR count). The zero-order valence-electron chi connectivity index (χ0n) is 7.44. The SMILES string of the molecule is Cc1cc2nonc2cc1C(=O)NN. The number of nitrogen functional groups attached to an aromatic ring is 1. The average molecular weight is 192 g/mol. The van der Waals surface area contributed by atoms with Gasteiger partial charge in [0, 0.05) is 5.56 Å². The predicted octanol–water partition coefficient (Wildman–Crippen LogP) is 0.135. The number of hydrogen-bond donors (Lipinski definition) is 2. The molecule has 0 saturated heterocycles. The van der Waals surface area contributed by atoms with Crippen LogP contribution in [0.4, 0.5) is 0 Å². The summed E-state index contributed by atoms with van der Waals surface area (Å²) in [6, 6.07) is 3.31. The van der Waals surface area contributed by atoms with Gasteiger partial charge < -0.3 is 0 Å². The summed E-state index contributed by atoms with van der Waals surface area (Å²) in [5.74, 6) is 4.68. The van der Waals surface area contributed by atoms with Gasteiger partial charge in [0.25, 0.3) is 5.91 Å². The van der Waals surface area contributed by atoms with Crippen molar-refractivity contribution in [3.05, 3.63) is 23.3 Å². The summed E-state index contributed by atoms with van der Waals surface area (Å²) < 4.78 is 4.53. The highest BCUT2D eigenvalue weighted by Gasteiger charge is 2.11. The highest BCUT2D eigenvalue weighted by atomic mass is 16.6. The van der Waals surface area contributed by atoms with Crippen molar-refractivity contribution in [2.75, 3.05) is 0 Å². The fraction of sp³-hybridized carbons (Fsp3) is 0.125. The molecule has 0 unspecified atom stereocenters. The molecule has 0 fully saturated rings. The normalized spacial score (nSPS) is 10.4. The van der Waals surface area contributed by atoms with Gasteiger partial charge in [-0.05, 0) is 34.9 Å². The summed E-state index contributed by atoms with van der Waals surface area (Å²) in [5.41, 5.74) is 4.46. The first-order valence-electron chi connectivity index (χ1n) is 3.96. The van der Waals surface area contributed by atoms with Gasteiger partial charge in [0.2, 0.25) is 0 Å². The zero-order valence-corrected chi connectivity index (χ0v) is 7.44. The number of nitrogens with one attached hydrogen (secondary N) is 1. The van der Waals surface area contributed by atoms with Crippen molar-refractivity contribution >= 4 is 16.9 Å². The van der Waals surface area contributed by atoms with E-state index < -0.39 is 0 Å². The van der Waals surface area contributed by atoms with Crippen molar-refractivity contribution in [3.63, 3.8) is 0 Å². The summed E-state index contributed by atoms with van der Waals surface area (Å²) in [4.78, 5) is 11.3. The number of rotatable bonds is 1. The number of nitrogens with two attached hydrogens (primary N) is 1. The molecule has 0 saturated carbocycles. The van der Waals surface area contributed by atoms with E-state index in [9.17, 15) is 4.79 Å². The number of fused-ring (bicyclic) bond motifs is 1. The van der Waals surface area contributed by atoms with Gasteiger partial charge >= 0.3 is 0 Å². The molecule has 2 aromatic rings. The molecule has 0 bridgehead atoms. The summed E-state index contributed by atoms with van der Waals surface area (Å²) in [5, 5.41) is 7.29. The lowest BCUT2D eigenvalue weighted by molar-refractivity contribution is 0.0953. The molecule has 0 aliphatic heterocycles. The summed E-state index contributed by atoms with van der Waals surface area (Å²) in [6.45, 7) is 1.79. The summed E-state index contributed by atoms with van der Waals surface area (Å²) in [6.07, 6.45) is 0. The highest BCUT2D eigenvalue weighted by Crippen LogP contribution is 2.16. The molecule has 6 nitrogen and oxygen atoms in total. The van der Waals surface area contributed by atoms with Crippen molar-refractivity contribution in [3.8, 4) is 0 Å². The molecule has 1 aromatic carbocycles. The van der Waals surface area contributed by atoms with E-state index in [0.717, 1.165) is 5.56 Å². The molecule has 1 heterocycles. The van der Waals surface area contributed by atoms with Crippen molar-refractivity contribution < 1.29 is 9.42 Å². The fourth-order valence-electron chi connectivity index (χ4n) is 1.26. The second-order valence-corrected chi connectivity index (χ2v) is 2.89. The molecule has 3 N–H and O–H groups in total. The van der Waals surface area contributed by atoms with Gasteiger partial charge in [-0.3, -0.25) is 10.2 Å². The molecule has 0 aliphatic rings. The summed E-state index contributed by atoms with van der Waals surface area (Å²) in [7, 11) is 0. The minimum absolute atomic E-state index is 0.354. The first-order chi connectivity index (χ1) is 6.72. The Balaban J connectivity index is 2.64. The lowest BCUT2D eigenvalue weighted by Crippen LogP contribution is -2.30. The van der Waals surface area contributed by atoms with Crippen molar-refractivity contribution in [2.45, 2.75) is 6.92 Å². The van der Waals surface area contributed by atoms with Crippen LogP contribution in [0.25, 0.3) is 11.0 Å². The maximum Gasteiger partial charge on any atom is 0.265 e. The Morgan fingerprint density at radius 3 is 2.71 bits per heavy atom. The molecule has 1 amide bonds. The zero-order chi connectivity index (χ0) is 10.1. The van der Waals surface area contributed by atoms with Gasteiger partial charge in [-0.15, -0.1) is 0 Å². The van der Waals surface area contributed by atoms with Crippen LogP contribution in [0.3, 0.4) is 0 Å². The number of hydrogen-bond acceptors (Lipinski definition) is 5. The van der Waals surface area contributed by atoms with Crippen molar-refractivity contribution in [1.82, 2.24) is 15.7 Å². The van der Waals surface area contributed by atoms with Gasteiger partial charge in [-0.25, -0.2) is 10.5 Å². The van der Waals surface area contributed by atoms with Gasteiger partial charge in [0.15, 0.2) is 0 Å². The van der Waals surface area contributed by atoms with Crippen LogP contribution < -0.4 is 11.3 Å². The Morgan fingerprint density at radius 1 is 1.43 bits per heavy atom. The van der Waals surface area contributed by atoms with Crippen LogP contribution in [0.1, 0.15) is 15.9 Å². The minimum Gasteiger partial charge on any atom is -0.290 e. The van der Waals surface area contributed by atoms with E-state index in [1.54, 1.807) is 19.1 Å². The van der Waals surface area contributed by atoms with E-state index in [-0.39, 0.29) is 5.91 Å². The van der Waals surface area contributed by atoms with E-state index in [4.69, 9.17) is 5.84 Å². The van der Waals surface area contributed by atoms with E-state index in [2.05, 4.69) is 20.4 Å². The average Bonchev–Trinajstić information content (AvgIpc) is 2.62. The van der Waals surface area contributed by atoms with Crippen LogP contribution in [0.2, 0.25) is 0 Å². The number of amides is 1. The van der Waals surface area contributed by atoms with Crippen LogP contribution in [-0.2, 0) is 0 Å². The Bertz CT molecular complexity index is 491. The molecule has 6 heteroatoms. The smallest absolute Gasteiger partial charge is 0.265 e. The largest absolute Gasteiger partial charge is 0.290 e. The van der Waals surface area contributed by atoms with E-state index >= 15 is 0 Å². The molecular formula is C8H8N4O2. The van der Waals surface area contributed by atoms with Gasteiger partial charge in [-0.2, -0.15) is 0 Å². The monoisotopic (exact) mass is 192 g/mol. The Morgan fingerprint density at radius 2 is 2.07 bits per heavy atom. The second kappa shape index (κ2) is 3.08. The van der Waals surface area contributed by atoms with Crippen LogP contribution in [0, 0.1) is 6.92 Å². The molecule has 0 radical (unpaired) electrons.